The summed E-state index contributed by atoms with van der Waals surface area (Å²) < 4.78 is 13.4. The van der Waals surface area contributed by atoms with Crippen LogP contribution in [0.3, 0.4) is 0 Å². The van der Waals surface area contributed by atoms with E-state index < -0.39 is 0 Å². The summed E-state index contributed by atoms with van der Waals surface area (Å²) in [6, 6.07) is 15.9. The molecule has 0 aliphatic heterocycles. The predicted octanol–water partition coefficient (Wildman–Crippen LogP) is 5.15. The van der Waals surface area contributed by atoms with Crippen LogP contribution in [-0.4, -0.2) is 6.54 Å². The van der Waals surface area contributed by atoms with Crippen molar-refractivity contribution in [3.05, 3.63) is 70.5 Å². The predicted molar refractivity (Wildman–Crippen MR) is 87.2 cm³/mol. The fourth-order valence-electron chi connectivity index (χ4n) is 2.52. The molecule has 0 spiro atoms. The van der Waals surface area contributed by atoms with Crippen LogP contribution in [0.4, 0.5) is 4.39 Å². The third-order valence-corrected chi connectivity index (χ3v) is 3.90. The molecule has 0 aliphatic carbocycles. The van der Waals surface area contributed by atoms with E-state index in [1.807, 2.05) is 12.1 Å². The van der Waals surface area contributed by atoms with Crippen molar-refractivity contribution in [1.29, 1.82) is 0 Å². The largest absolute Gasteiger partial charge is 0.310 e. The van der Waals surface area contributed by atoms with Gasteiger partial charge in [-0.05, 0) is 49.1 Å². The lowest BCUT2D eigenvalue weighted by Gasteiger charge is -2.18. The molecule has 21 heavy (non-hydrogen) atoms. The second kappa shape index (κ2) is 8.16. The molecule has 0 aliphatic rings. The van der Waals surface area contributed by atoms with Gasteiger partial charge in [-0.1, -0.05) is 54.9 Å². The average molecular weight is 306 g/mol. The molecule has 0 amide bonds. The van der Waals surface area contributed by atoms with E-state index in [1.54, 1.807) is 6.07 Å². The van der Waals surface area contributed by atoms with Gasteiger partial charge in [-0.2, -0.15) is 0 Å². The molecule has 2 aromatic carbocycles. The molecule has 1 nitrogen and oxygen atoms in total. The van der Waals surface area contributed by atoms with Crippen LogP contribution in [0.1, 0.15) is 36.9 Å². The maximum atomic E-state index is 13.4. The van der Waals surface area contributed by atoms with E-state index in [0.29, 0.717) is 6.04 Å². The van der Waals surface area contributed by atoms with E-state index >= 15 is 0 Å². The van der Waals surface area contributed by atoms with Crippen LogP contribution in [0.5, 0.6) is 0 Å². The van der Waals surface area contributed by atoms with Crippen LogP contribution in [0.25, 0.3) is 0 Å². The summed E-state index contributed by atoms with van der Waals surface area (Å²) in [6.07, 6.45) is 2.90. The summed E-state index contributed by atoms with van der Waals surface area (Å²) in [7, 11) is 0. The molecule has 1 atom stereocenters. The van der Waals surface area contributed by atoms with Crippen molar-refractivity contribution in [3.63, 3.8) is 0 Å². The van der Waals surface area contributed by atoms with Gasteiger partial charge in [-0.15, -0.1) is 0 Å². The Kier molecular flexibility index (Phi) is 6.21. The summed E-state index contributed by atoms with van der Waals surface area (Å²) >= 11 is 5.70. The lowest BCUT2D eigenvalue weighted by Crippen LogP contribution is -2.20. The summed E-state index contributed by atoms with van der Waals surface area (Å²) in [6.45, 7) is 3.06. The molecule has 0 fully saturated rings. The van der Waals surface area contributed by atoms with Gasteiger partial charge in [0.05, 0.1) is 5.02 Å². The fraction of sp³-hybridized carbons (Fsp3) is 0.333. The molecule has 0 radical (unpaired) electrons. The van der Waals surface area contributed by atoms with Crippen LogP contribution in [-0.2, 0) is 6.42 Å². The Hall–Kier alpha value is -1.38. The van der Waals surface area contributed by atoms with E-state index in [9.17, 15) is 4.39 Å². The first-order chi connectivity index (χ1) is 10.2. The van der Waals surface area contributed by atoms with Crippen molar-refractivity contribution in [3.8, 4) is 0 Å². The second-order valence-electron chi connectivity index (χ2n) is 5.16. The number of rotatable bonds is 7. The van der Waals surface area contributed by atoms with Crippen molar-refractivity contribution in [1.82, 2.24) is 5.32 Å². The molecule has 0 aromatic heterocycles. The normalized spacial score (nSPS) is 12.3. The smallest absolute Gasteiger partial charge is 0.142 e. The van der Waals surface area contributed by atoms with Crippen molar-refractivity contribution in [2.75, 3.05) is 6.54 Å². The highest BCUT2D eigenvalue weighted by Crippen LogP contribution is 2.21. The Bertz CT molecular complexity index is 556. The zero-order valence-corrected chi connectivity index (χ0v) is 13.0. The van der Waals surface area contributed by atoms with Crippen molar-refractivity contribution in [2.45, 2.75) is 32.2 Å². The molecular formula is C18H21ClFN. The van der Waals surface area contributed by atoms with Crippen LogP contribution < -0.4 is 5.32 Å². The molecular weight excluding hydrogens is 285 g/mol. The molecule has 112 valence electrons. The molecule has 1 unspecified atom stereocenters. The lowest BCUT2D eigenvalue weighted by molar-refractivity contribution is 0.497. The minimum Gasteiger partial charge on any atom is -0.310 e. The minimum atomic E-state index is -0.333. The van der Waals surface area contributed by atoms with Gasteiger partial charge >= 0.3 is 0 Å². The summed E-state index contributed by atoms with van der Waals surface area (Å²) in [5, 5.41) is 3.70. The highest BCUT2D eigenvalue weighted by atomic mass is 35.5. The van der Waals surface area contributed by atoms with Crippen LogP contribution in [0, 0.1) is 5.82 Å². The Morgan fingerprint density at radius 2 is 1.90 bits per heavy atom. The standard InChI is InChI=1S/C18H21ClFN/c1-2-21-18(15-8-4-3-5-9-15)10-6-7-14-11-12-16(19)17(20)13-14/h3-5,8-9,11-13,18,21H,2,6-7,10H2,1H3. The molecule has 1 N–H and O–H groups in total. The maximum absolute atomic E-state index is 13.4. The molecule has 0 bridgehead atoms. The highest BCUT2D eigenvalue weighted by molar-refractivity contribution is 6.30. The van der Waals surface area contributed by atoms with Crippen molar-refractivity contribution in [2.24, 2.45) is 0 Å². The van der Waals surface area contributed by atoms with Gasteiger partial charge < -0.3 is 5.32 Å². The second-order valence-corrected chi connectivity index (χ2v) is 5.57. The first-order valence-corrected chi connectivity index (χ1v) is 7.80. The van der Waals surface area contributed by atoms with Gasteiger partial charge in [-0.3, -0.25) is 0 Å². The molecule has 0 saturated heterocycles. The van der Waals surface area contributed by atoms with Gasteiger partial charge in [0.2, 0.25) is 0 Å². The molecule has 2 rings (SSSR count). The molecule has 3 heteroatoms. The average Bonchev–Trinajstić information content (AvgIpc) is 2.51. The number of nitrogens with one attached hydrogen (secondary N) is 1. The van der Waals surface area contributed by atoms with E-state index in [2.05, 4.69) is 36.5 Å². The molecule has 0 heterocycles. The Morgan fingerprint density at radius 3 is 2.57 bits per heavy atom. The number of hydrogen-bond donors (Lipinski definition) is 1. The van der Waals surface area contributed by atoms with Crippen LogP contribution in [0.2, 0.25) is 5.02 Å². The fourth-order valence-corrected chi connectivity index (χ4v) is 2.64. The SMILES string of the molecule is CCNC(CCCc1ccc(Cl)c(F)c1)c1ccccc1. The Balaban J connectivity index is 1.91. The van der Waals surface area contributed by atoms with E-state index in [4.69, 9.17) is 11.6 Å². The number of aryl methyl sites for hydroxylation is 1. The van der Waals surface area contributed by atoms with Gasteiger partial charge in [0.1, 0.15) is 5.82 Å². The quantitative estimate of drug-likeness (QED) is 0.745. The van der Waals surface area contributed by atoms with Crippen LogP contribution in [0.15, 0.2) is 48.5 Å². The van der Waals surface area contributed by atoms with Gasteiger partial charge in [0, 0.05) is 6.04 Å². The first-order valence-electron chi connectivity index (χ1n) is 7.43. The maximum Gasteiger partial charge on any atom is 0.142 e. The Labute approximate surface area is 131 Å². The zero-order chi connectivity index (χ0) is 15.1. The summed E-state index contributed by atoms with van der Waals surface area (Å²) in [5.74, 6) is -0.333. The van der Waals surface area contributed by atoms with Crippen LogP contribution >= 0.6 is 11.6 Å². The van der Waals surface area contributed by atoms with E-state index in [-0.39, 0.29) is 10.8 Å². The third kappa shape index (κ3) is 4.83. The lowest BCUT2D eigenvalue weighted by atomic mass is 9.99. The minimum absolute atomic E-state index is 0.188. The summed E-state index contributed by atoms with van der Waals surface area (Å²) in [5.41, 5.74) is 2.31. The Morgan fingerprint density at radius 1 is 1.14 bits per heavy atom. The molecule has 0 saturated carbocycles. The van der Waals surface area contributed by atoms with Gasteiger partial charge in [-0.25, -0.2) is 4.39 Å². The third-order valence-electron chi connectivity index (χ3n) is 3.59. The van der Waals surface area contributed by atoms with Crippen molar-refractivity contribution < 1.29 is 4.39 Å². The van der Waals surface area contributed by atoms with Gasteiger partial charge in [0.25, 0.3) is 0 Å². The highest BCUT2D eigenvalue weighted by Gasteiger charge is 2.09. The van der Waals surface area contributed by atoms with Crippen molar-refractivity contribution >= 4 is 11.6 Å². The number of benzene rings is 2. The van der Waals surface area contributed by atoms with Gasteiger partial charge in [0.15, 0.2) is 0 Å². The van der Waals surface area contributed by atoms with E-state index in [1.165, 1.54) is 11.6 Å². The number of hydrogen-bond acceptors (Lipinski definition) is 1. The zero-order valence-electron chi connectivity index (χ0n) is 12.3. The topological polar surface area (TPSA) is 12.0 Å². The number of halogens is 2. The van der Waals surface area contributed by atoms with E-state index in [0.717, 1.165) is 31.4 Å². The summed E-state index contributed by atoms with van der Waals surface area (Å²) in [4.78, 5) is 0. The monoisotopic (exact) mass is 305 g/mol. The molecule has 2 aromatic rings. The first kappa shape index (κ1) is 16.0.